The molecule has 0 radical (unpaired) electrons. The smallest absolute Gasteiger partial charge is 0.0416 e. The maximum absolute atomic E-state index is 6.25. The van der Waals surface area contributed by atoms with Crippen LogP contribution in [0.5, 0.6) is 0 Å². The number of hydrogen-bond donors (Lipinski definition) is 1. The molecule has 1 N–H and O–H groups in total. The number of rotatable bonds is 3. The lowest BCUT2D eigenvalue weighted by Gasteiger charge is -2.49. The van der Waals surface area contributed by atoms with Gasteiger partial charge in [-0.15, -0.1) is 11.6 Å². The summed E-state index contributed by atoms with van der Waals surface area (Å²) in [4.78, 5) is 0. The third-order valence-electron chi connectivity index (χ3n) is 4.52. The Hall–Kier alpha value is -0.530. The van der Waals surface area contributed by atoms with Crippen LogP contribution in [0.1, 0.15) is 52.2 Å². The van der Waals surface area contributed by atoms with Crippen molar-refractivity contribution >= 4 is 11.6 Å². The SMILES string of the molecule is CC(C)(C)c1ccc(CNC2CC(Cl)C2(C)C)cc1. The van der Waals surface area contributed by atoms with Crippen LogP contribution in [0, 0.1) is 5.41 Å². The Kier molecular flexibility index (Phi) is 3.99. The van der Waals surface area contributed by atoms with E-state index in [2.05, 4.69) is 64.2 Å². The quantitative estimate of drug-likeness (QED) is 0.805. The van der Waals surface area contributed by atoms with Gasteiger partial charge in [-0.25, -0.2) is 0 Å². The van der Waals surface area contributed by atoms with Crippen molar-refractivity contribution in [3.63, 3.8) is 0 Å². The number of hydrogen-bond acceptors (Lipinski definition) is 1. The summed E-state index contributed by atoms with van der Waals surface area (Å²) < 4.78 is 0. The van der Waals surface area contributed by atoms with E-state index in [9.17, 15) is 0 Å². The summed E-state index contributed by atoms with van der Waals surface area (Å²) in [5, 5.41) is 3.94. The minimum Gasteiger partial charge on any atom is -0.309 e. The molecule has 0 heterocycles. The third kappa shape index (κ3) is 3.14. The summed E-state index contributed by atoms with van der Waals surface area (Å²) in [6, 6.07) is 9.49. The van der Waals surface area contributed by atoms with Crippen molar-refractivity contribution in [1.29, 1.82) is 0 Å². The van der Waals surface area contributed by atoms with E-state index in [1.165, 1.54) is 11.1 Å². The van der Waals surface area contributed by atoms with Crippen LogP contribution in [-0.4, -0.2) is 11.4 Å². The first-order valence-corrected chi connectivity index (χ1v) is 7.62. The average Bonchev–Trinajstić information content (AvgIpc) is 2.33. The van der Waals surface area contributed by atoms with Crippen molar-refractivity contribution in [2.24, 2.45) is 5.41 Å². The van der Waals surface area contributed by atoms with Crippen LogP contribution in [0.15, 0.2) is 24.3 Å². The first-order chi connectivity index (χ1) is 8.71. The number of halogens is 1. The Labute approximate surface area is 122 Å². The summed E-state index contributed by atoms with van der Waals surface area (Å²) in [5.74, 6) is 0. The minimum absolute atomic E-state index is 0.215. The molecule has 0 amide bonds. The zero-order valence-electron chi connectivity index (χ0n) is 12.8. The van der Waals surface area contributed by atoms with Gasteiger partial charge in [-0.3, -0.25) is 0 Å². The zero-order valence-corrected chi connectivity index (χ0v) is 13.5. The first kappa shape index (κ1) is 14.9. The van der Waals surface area contributed by atoms with Gasteiger partial charge in [0.15, 0.2) is 0 Å². The molecule has 1 aromatic carbocycles. The van der Waals surface area contributed by atoms with Crippen LogP contribution in [0.4, 0.5) is 0 Å². The van der Waals surface area contributed by atoms with E-state index in [4.69, 9.17) is 11.6 Å². The van der Waals surface area contributed by atoms with Gasteiger partial charge in [0.25, 0.3) is 0 Å². The summed E-state index contributed by atoms with van der Waals surface area (Å²) in [5.41, 5.74) is 3.18. The van der Waals surface area contributed by atoms with E-state index in [1.54, 1.807) is 0 Å². The molecule has 0 bridgehead atoms. The van der Waals surface area contributed by atoms with Crippen LogP contribution in [0.2, 0.25) is 0 Å². The molecular formula is C17H26ClN. The van der Waals surface area contributed by atoms with E-state index >= 15 is 0 Å². The molecule has 1 aliphatic rings. The van der Waals surface area contributed by atoms with Crippen molar-refractivity contribution in [1.82, 2.24) is 5.32 Å². The molecule has 1 nitrogen and oxygen atoms in total. The van der Waals surface area contributed by atoms with Crippen LogP contribution < -0.4 is 5.32 Å². The normalized spacial score (nSPS) is 26.0. The van der Waals surface area contributed by atoms with Gasteiger partial charge in [-0.05, 0) is 28.4 Å². The second kappa shape index (κ2) is 5.10. The van der Waals surface area contributed by atoms with E-state index in [0.29, 0.717) is 11.4 Å². The maximum atomic E-state index is 6.25. The fourth-order valence-electron chi connectivity index (χ4n) is 2.58. The molecule has 1 aliphatic carbocycles. The largest absolute Gasteiger partial charge is 0.309 e. The fourth-order valence-corrected chi connectivity index (χ4v) is 2.91. The molecule has 1 saturated carbocycles. The van der Waals surface area contributed by atoms with Crippen LogP contribution in [-0.2, 0) is 12.0 Å². The third-order valence-corrected chi connectivity index (χ3v) is 5.26. The van der Waals surface area contributed by atoms with Crippen molar-refractivity contribution in [2.45, 2.75) is 64.4 Å². The predicted molar refractivity (Wildman–Crippen MR) is 83.8 cm³/mol. The molecule has 19 heavy (non-hydrogen) atoms. The Bertz CT molecular complexity index is 428. The molecule has 2 rings (SSSR count). The van der Waals surface area contributed by atoms with Crippen LogP contribution in [0.3, 0.4) is 0 Å². The van der Waals surface area contributed by atoms with Crippen molar-refractivity contribution in [2.75, 3.05) is 0 Å². The Morgan fingerprint density at radius 2 is 1.79 bits per heavy atom. The maximum Gasteiger partial charge on any atom is 0.0416 e. The molecule has 0 spiro atoms. The molecule has 2 atom stereocenters. The highest BCUT2D eigenvalue weighted by Crippen LogP contribution is 2.44. The van der Waals surface area contributed by atoms with Gasteiger partial charge in [0, 0.05) is 18.0 Å². The molecule has 1 aromatic rings. The molecule has 0 saturated heterocycles. The van der Waals surface area contributed by atoms with Crippen molar-refractivity contribution in [3.05, 3.63) is 35.4 Å². The Balaban J connectivity index is 1.91. The first-order valence-electron chi connectivity index (χ1n) is 7.18. The number of benzene rings is 1. The monoisotopic (exact) mass is 279 g/mol. The summed E-state index contributed by atoms with van der Waals surface area (Å²) in [6.45, 7) is 12.2. The van der Waals surface area contributed by atoms with Crippen molar-refractivity contribution in [3.8, 4) is 0 Å². The molecule has 0 aliphatic heterocycles. The van der Waals surface area contributed by atoms with Gasteiger partial charge in [-0.2, -0.15) is 0 Å². The highest BCUT2D eigenvalue weighted by molar-refractivity contribution is 6.21. The van der Waals surface area contributed by atoms with E-state index in [1.807, 2.05) is 0 Å². The highest BCUT2D eigenvalue weighted by Gasteiger charge is 2.46. The van der Waals surface area contributed by atoms with E-state index < -0.39 is 0 Å². The van der Waals surface area contributed by atoms with E-state index in [-0.39, 0.29) is 10.8 Å². The lowest BCUT2D eigenvalue weighted by Crippen LogP contribution is -2.57. The van der Waals surface area contributed by atoms with Gasteiger partial charge in [-0.1, -0.05) is 58.9 Å². The van der Waals surface area contributed by atoms with Crippen LogP contribution >= 0.6 is 11.6 Å². The van der Waals surface area contributed by atoms with Gasteiger partial charge in [0.2, 0.25) is 0 Å². The van der Waals surface area contributed by atoms with Gasteiger partial charge >= 0.3 is 0 Å². The second-order valence-corrected chi connectivity index (χ2v) is 7.93. The van der Waals surface area contributed by atoms with Gasteiger partial charge < -0.3 is 5.32 Å². The summed E-state index contributed by atoms with van der Waals surface area (Å²) in [6.07, 6.45) is 1.08. The highest BCUT2D eigenvalue weighted by atomic mass is 35.5. The minimum atomic E-state index is 0.215. The zero-order chi connectivity index (χ0) is 14.3. The summed E-state index contributed by atoms with van der Waals surface area (Å²) >= 11 is 6.25. The van der Waals surface area contributed by atoms with Crippen molar-refractivity contribution < 1.29 is 0 Å². The molecular weight excluding hydrogens is 254 g/mol. The molecule has 2 unspecified atom stereocenters. The topological polar surface area (TPSA) is 12.0 Å². The lowest BCUT2D eigenvalue weighted by molar-refractivity contribution is 0.115. The predicted octanol–water partition coefficient (Wildman–Crippen LogP) is 4.48. The Morgan fingerprint density at radius 1 is 1.21 bits per heavy atom. The standard InChI is InChI=1S/C17H26ClN/c1-16(2,3)13-8-6-12(7-9-13)11-19-15-10-14(18)17(15,4)5/h6-9,14-15,19H,10-11H2,1-5H3. The summed E-state index contributed by atoms with van der Waals surface area (Å²) in [7, 11) is 0. The van der Waals surface area contributed by atoms with Gasteiger partial charge in [0.05, 0.1) is 0 Å². The second-order valence-electron chi connectivity index (χ2n) is 7.41. The van der Waals surface area contributed by atoms with Crippen LogP contribution in [0.25, 0.3) is 0 Å². The molecule has 0 aromatic heterocycles. The fraction of sp³-hybridized carbons (Fsp3) is 0.647. The lowest BCUT2D eigenvalue weighted by atomic mass is 9.67. The molecule has 1 fully saturated rings. The Morgan fingerprint density at radius 3 is 2.21 bits per heavy atom. The van der Waals surface area contributed by atoms with Gasteiger partial charge in [0.1, 0.15) is 0 Å². The number of nitrogens with one attached hydrogen (secondary N) is 1. The van der Waals surface area contributed by atoms with E-state index in [0.717, 1.165) is 13.0 Å². The number of alkyl halides is 1. The molecule has 2 heteroatoms. The molecule has 106 valence electrons. The average molecular weight is 280 g/mol.